The fraction of sp³-hybridized carbons (Fsp3) is 0.676. The minimum absolute atomic E-state index is 0.0312. The maximum Gasteiger partial charge on any atom is 0.242 e. The van der Waals surface area contributed by atoms with Crippen molar-refractivity contribution in [3.05, 3.63) is 35.4 Å². The Morgan fingerprint density at radius 3 is 2.17 bits per heavy atom. The number of ether oxygens (including phenoxy) is 2. The van der Waals surface area contributed by atoms with Gasteiger partial charge in [0.05, 0.1) is 61.3 Å². The Bertz CT molecular complexity index is 1250. The zero-order chi connectivity index (χ0) is 36.1. The lowest BCUT2D eigenvalue weighted by Gasteiger charge is -2.37. The first-order valence-corrected chi connectivity index (χ1v) is 16.5. The third kappa shape index (κ3) is 10.5. The van der Waals surface area contributed by atoms with E-state index >= 15 is 0 Å². The van der Waals surface area contributed by atoms with Crippen LogP contribution < -0.4 is 16.0 Å². The number of hydrogen-bond acceptors (Lipinski definition) is 8. The van der Waals surface area contributed by atoms with Crippen molar-refractivity contribution in [1.82, 2.24) is 25.8 Å². The normalized spacial score (nSPS) is 17.7. The topological polar surface area (TPSA) is 146 Å². The van der Waals surface area contributed by atoms with Gasteiger partial charge in [-0.15, -0.1) is 0 Å². The summed E-state index contributed by atoms with van der Waals surface area (Å²) in [4.78, 5) is 68.2. The van der Waals surface area contributed by atoms with Crippen LogP contribution in [0.3, 0.4) is 0 Å². The number of carbonyl (C=O) groups excluding carboxylic acids is 5. The maximum atomic E-state index is 14.0. The van der Waals surface area contributed by atoms with Gasteiger partial charge in [-0.05, 0) is 44.4 Å². The van der Waals surface area contributed by atoms with Crippen LogP contribution in [0.2, 0.25) is 0 Å². The quantitative estimate of drug-likeness (QED) is 0.189. The van der Waals surface area contributed by atoms with Crippen LogP contribution in [0.15, 0.2) is 18.2 Å². The summed E-state index contributed by atoms with van der Waals surface area (Å²) in [5, 5.41) is 8.10. The average molecular weight is 682 g/mol. The molecule has 12 nitrogen and oxygen atoms in total. The minimum Gasteiger partial charge on any atom is -0.379 e. The molecule has 270 valence electrons. The fourth-order valence-electron chi connectivity index (χ4n) is 6.41. The van der Waals surface area contributed by atoms with Gasteiger partial charge >= 0.3 is 0 Å². The van der Waals surface area contributed by atoms with Gasteiger partial charge in [-0.1, -0.05) is 40.2 Å². The van der Waals surface area contributed by atoms with Gasteiger partial charge in [0.15, 0.2) is 5.78 Å². The monoisotopic (exact) mass is 681 g/mol. The smallest absolute Gasteiger partial charge is 0.242 e. The van der Waals surface area contributed by atoms with Gasteiger partial charge in [-0.2, -0.15) is 0 Å². The predicted molar refractivity (Wildman–Crippen MR) is 176 cm³/mol. The van der Waals surface area contributed by atoms with Crippen molar-refractivity contribution < 1.29 is 42.2 Å². The van der Waals surface area contributed by atoms with Gasteiger partial charge < -0.3 is 35.2 Å². The Labute approximate surface area is 282 Å². The molecule has 1 aliphatic rings. The third-order valence-corrected chi connectivity index (χ3v) is 9.10. The predicted octanol–water partition coefficient (Wildman–Crippen LogP) is 2.30. The highest BCUT2D eigenvalue weighted by Gasteiger charge is 2.41. The highest BCUT2D eigenvalue weighted by Crippen LogP contribution is 2.28. The first-order chi connectivity index (χ1) is 22.7. The summed E-state index contributed by atoms with van der Waals surface area (Å²) < 4.78 is 39.6. The molecule has 48 heavy (non-hydrogen) atoms. The van der Waals surface area contributed by atoms with Crippen LogP contribution in [-0.4, -0.2) is 117 Å². The standard InChI is InChI=1S/C34H53F2N5O7/c1-9-12-24(40(6)29(44)19-39-34(46)31(37-5)20(2)3)27(47-7)17-28(43)41-16-11-15-25(41)32(48-8)21(4)33(45)38-18-26(42)30-22(35)13-10-14-23(30)36/h10,13-14,20-21,24-25,27,31-32,37H,9,11-12,15-19H2,1-8H3,(H,38,45)(H,39,46). The number of hydrogen-bond donors (Lipinski definition) is 3. The number of Topliss-reactive ketones (excluding diaryl/α,β-unsaturated/α-hetero) is 1. The highest BCUT2D eigenvalue weighted by molar-refractivity contribution is 6.00. The molecule has 0 aliphatic carbocycles. The van der Waals surface area contributed by atoms with Crippen LogP contribution in [0, 0.1) is 23.5 Å². The summed E-state index contributed by atoms with van der Waals surface area (Å²) in [5.74, 6) is -5.10. The molecule has 6 unspecified atom stereocenters. The second-order valence-corrected chi connectivity index (χ2v) is 12.6. The molecule has 1 aromatic carbocycles. The van der Waals surface area contributed by atoms with Gasteiger partial charge in [0, 0.05) is 27.8 Å². The average Bonchev–Trinajstić information content (AvgIpc) is 3.53. The van der Waals surface area contributed by atoms with Crippen molar-refractivity contribution in [2.45, 2.75) is 90.1 Å². The molecule has 14 heteroatoms. The zero-order valence-corrected chi connectivity index (χ0v) is 29.4. The molecular formula is C34H53F2N5O7. The number of carbonyl (C=O) groups is 5. The van der Waals surface area contributed by atoms with E-state index in [4.69, 9.17) is 9.47 Å². The number of amides is 4. The van der Waals surface area contributed by atoms with Gasteiger partial charge in [0.25, 0.3) is 0 Å². The van der Waals surface area contributed by atoms with Crippen molar-refractivity contribution in [3.8, 4) is 0 Å². The van der Waals surface area contributed by atoms with Gasteiger partial charge in [0.2, 0.25) is 23.6 Å². The first-order valence-electron chi connectivity index (χ1n) is 16.5. The number of nitrogens with zero attached hydrogens (tertiary/aromatic N) is 2. The molecule has 1 fully saturated rings. The van der Waals surface area contributed by atoms with E-state index in [0.717, 1.165) is 18.2 Å². The molecule has 0 aromatic heterocycles. The van der Waals surface area contributed by atoms with Crippen LogP contribution in [-0.2, 0) is 28.7 Å². The summed E-state index contributed by atoms with van der Waals surface area (Å²) >= 11 is 0. The number of methoxy groups -OCH3 is 2. The third-order valence-electron chi connectivity index (χ3n) is 9.10. The maximum absolute atomic E-state index is 14.0. The van der Waals surface area contributed by atoms with E-state index in [9.17, 15) is 32.8 Å². The molecule has 0 bridgehead atoms. The molecule has 1 aliphatic heterocycles. The number of rotatable bonds is 19. The minimum atomic E-state index is -1.01. The van der Waals surface area contributed by atoms with Crippen molar-refractivity contribution in [3.63, 3.8) is 0 Å². The lowest BCUT2D eigenvalue weighted by molar-refractivity contribution is -0.144. The Morgan fingerprint density at radius 2 is 1.62 bits per heavy atom. The van der Waals surface area contributed by atoms with Crippen molar-refractivity contribution in [2.24, 2.45) is 11.8 Å². The number of benzene rings is 1. The van der Waals surface area contributed by atoms with Crippen molar-refractivity contribution in [1.29, 1.82) is 0 Å². The first kappa shape index (κ1) is 40.7. The summed E-state index contributed by atoms with van der Waals surface area (Å²) in [6.45, 7) is 7.01. The fourth-order valence-corrected chi connectivity index (χ4v) is 6.41. The number of likely N-dealkylation sites (N-methyl/N-ethyl adjacent to an activating group) is 2. The van der Waals surface area contributed by atoms with Crippen LogP contribution in [0.1, 0.15) is 70.2 Å². The van der Waals surface area contributed by atoms with E-state index in [1.54, 1.807) is 25.9 Å². The molecule has 1 heterocycles. The Hall–Kier alpha value is -3.49. The molecule has 6 atom stereocenters. The van der Waals surface area contributed by atoms with E-state index in [2.05, 4.69) is 16.0 Å². The van der Waals surface area contributed by atoms with E-state index < -0.39 is 71.7 Å². The van der Waals surface area contributed by atoms with Gasteiger partial charge in [0.1, 0.15) is 11.6 Å². The molecule has 1 aromatic rings. The van der Waals surface area contributed by atoms with Gasteiger partial charge in [-0.3, -0.25) is 24.0 Å². The summed E-state index contributed by atoms with van der Waals surface area (Å²) in [7, 11) is 6.24. The van der Waals surface area contributed by atoms with E-state index in [1.807, 2.05) is 20.8 Å². The molecule has 0 saturated carbocycles. The number of halogens is 2. The van der Waals surface area contributed by atoms with Crippen LogP contribution in [0.4, 0.5) is 8.78 Å². The Morgan fingerprint density at radius 1 is 1.00 bits per heavy atom. The van der Waals surface area contributed by atoms with Crippen LogP contribution in [0.5, 0.6) is 0 Å². The Kier molecular flexibility index (Phi) is 16.5. The van der Waals surface area contributed by atoms with E-state index in [-0.39, 0.29) is 36.6 Å². The van der Waals surface area contributed by atoms with Crippen molar-refractivity contribution >= 4 is 29.4 Å². The van der Waals surface area contributed by atoms with Gasteiger partial charge in [-0.25, -0.2) is 8.78 Å². The SMILES string of the molecule is CCCC(C(CC(=O)N1CCCC1C(OC)C(C)C(=O)NCC(=O)c1c(F)cccc1F)OC)N(C)C(=O)CNC(=O)C(NC)C(C)C. The summed E-state index contributed by atoms with van der Waals surface area (Å²) in [5.41, 5.74) is -0.721. The zero-order valence-electron chi connectivity index (χ0n) is 29.4. The van der Waals surface area contributed by atoms with E-state index in [1.165, 1.54) is 19.1 Å². The summed E-state index contributed by atoms with van der Waals surface area (Å²) in [6.07, 6.45) is 1.11. The Balaban J connectivity index is 2.09. The van der Waals surface area contributed by atoms with Crippen LogP contribution >= 0.6 is 0 Å². The molecule has 3 N–H and O–H groups in total. The second-order valence-electron chi connectivity index (χ2n) is 12.6. The molecule has 0 radical (unpaired) electrons. The largest absolute Gasteiger partial charge is 0.379 e. The molecule has 4 amide bonds. The molecule has 0 spiro atoms. The number of nitrogens with one attached hydrogen (secondary N) is 3. The number of likely N-dealkylation sites (tertiary alicyclic amines) is 1. The lowest BCUT2D eigenvalue weighted by Crippen LogP contribution is -2.53. The lowest BCUT2D eigenvalue weighted by atomic mass is 9.94. The van der Waals surface area contributed by atoms with E-state index in [0.29, 0.717) is 32.2 Å². The second kappa shape index (κ2) is 19.5. The summed E-state index contributed by atoms with van der Waals surface area (Å²) in [6, 6.07) is 1.74. The molecule has 1 saturated heterocycles. The number of ketones is 1. The van der Waals surface area contributed by atoms with Crippen LogP contribution in [0.25, 0.3) is 0 Å². The molecular weight excluding hydrogens is 628 g/mol. The highest BCUT2D eigenvalue weighted by atomic mass is 19.1. The van der Waals surface area contributed by atoms with Crippen molar-refractivity contribution in [2.75, 3.05) is 47.9 Å². The molecule has 2 rings (SSSR count).